The van der Waals surface area contributed by atoms with Gasteiger partial charge in [0, 0.05) is 23.8 Å². The van der Waals surface area contributed by atoms with Crippen LogP contribution < -0.4 is 9.47 Å². The van der Waals surface area contributed by atoms with Crippen molar-refractivity contribution in [1.82, 2.24) is 14.5 Å². The number of rotatable bonds is 9. The monoisotopic (exact) mass is 564 g/mol. The fraction of sp³-hybridized carbons (Fsp3) is 0.188. The molecule has 0 radical (unpaired) electrons. The second-order valence-corrected chi connectivity index (χ2v) is 9.68. The van der Waals surface area contributed by atoms with E-state index in [0.29, 0.717) is 46.5 Å². The fourth-order valence-corrected chi connectivity index (χ4v) is 4.57. The Morgan fingerprint density at radius 1 is 1.10 bits per heavy atom. The topological polar surface area (TPSA) is 108 Å². The summed E-state index contributed by atoms with van der Waals surface area (Å²) in [4.78, 5) is 21.3. The zero-order valence-corrected chi connectivity index (χ0v) is 22.6. The smallest absolute Gasteiger partial charge is 0.337 e. The van der Waals surface area contributed by atoms with Crippen LogP contribution in [0.1, 0.15) is 27.9 Å². The number of nitriles is 1. The number of esters is 1. The molecule has 0 amide bonds. The van der Waals surface area contributed by atoms with Crippen LogP contribution in [-0.2, 0) is 22.6 Å². The van der Waals surface area contributed by atoms with E-state index in [1.165, 1.54) is 19.2 Å². The Balaban J connectivity index is 1.20. The van der Waals surface area contributed by atoms with Crippen molar-refractivity contribution in [3.63, 3.8) is 0 Å². The lowest BCUT2D eigenvalue weighted by Crippen LogP contribution is -2.31. The molecule has 1 aliphatic heterocycles. The molecular weight excluding hydrogens is 539 g/mol. The van der Waals surface area contributed by atoms with Gasteiger partial charge in [0.1, 0.15) is 18.2 Å². The van der Waals surface area contributed by atoms with Crippen molar-refractivity contribution in [2.75, 3.05) is 13.7 Å². The maximum atomic E-state index is 14.2. The molecule has 1 saturated heterocycles. The first-order valence-electron chi connectivity index (χ1n) is 13.3. The van der Waals surface area contributed by atoms with Crippen LogP contribution in [0.5, 0.6) is 17.6 Å². The van der Waals surface area contributed by atoms with Crippen LogP contribution in [-0.4, -0.2) is 40.3 Å². The molecule has 5 aromatic rings. The van der Waals surface area contributed by atoms with Crippen LogP contribution in [0.2, 0.25) is 0 Å². The summed E-state index contributed by atoms with van der Waals surface area (Å²) in [6, 6.07) is 24.5. The van der Waals surface area contributed by atoms with Crippen LogP contribution in [0.3, 0.4) is 0 Å². The highest BCUT2D eigenvalue weighted by atomic mass is 19.1. The van der Waals surface area contributed by atoms with Gasteiger partial charge in [0.05, 0.1) is 53.7 Å². The molecule has 0 spiro atoms. The van der Waals surface area contributed by atoms with Gasteiger partial charge in [-0.2, -0.15) is 10.2 Å². The van der Waals surface area contributed by atoms with Gasteiger partial charge in [-0.3, -0.25) is 4.57 Å². The van der Waals surface area contributed by atoms with E-state index in [2.05, 4.69) is 9.97 Å². The van der Waals surface area contributed by atoms with Crippen LogP contribution in [0.15, 0.2) is 78.9 Å². The highest BCUT2D eigenvalue weighted by molar-refractivity contribution is 5.93. The standard InChI is InChI=1S/C32H25FN4O5/c1-39-31(38)22-9-12-28-29(16-22)37(18-25-13-14-40-25)32(36-28)42-24-10-7-21(8-11-24)27-3-2-4-30(35-27)41-19-23-6-5-20(17-34)15-26(23)33/h2-12,15-16,25H,13-14,18-19H2,1H3/t25-/m0/s1. The average molecular weight is 565 g/mol. The summed E-state index contributed by atoms with van der Waals surface area (Å²) in [7, 11) is 1.35. The molecule has 42 heavy (non-hydrogen) atoms. The Morgan fingerprint density at radius 2 is 1.93 bits per heavy atom. The van der Waals surface area contributed by atoms with Gasteiger partial charge in [0.15, 0.2) is 0 Å². The molecule has 210 valence electrons. The third-order valence-electron chi connectivity index (χ3n) is 6.95. The lowest BCUT2D eigenvalue weighted by Gasteiger charge is -2.27. The number of carbonyl (C=O) groups excluding carboxylic acids is 1. The number of fused-ring (bicyclic) bond motifs is 1. The zero-order valence-electron chi connectivity index (χ0n) is 22.6. The number of hydrogen-bond donors (Lipinski definition) is 0. The molecule has 0 unspecified atom stereocenters. The first kappa shape index (κ1) is 26.9. The summed E-state index contributed by atoms with van der Waals surface area (Å²) in [5, 5.41) is 8.92. The van der Waals surface area contributed by atoms with Gasteiger partial charge in [-0.15, -0.1) is 0 Å². The van der Waals surface area contributed by atoms with Crippen LogP contribution in [0.4, 0.5) is 4.39 Å². The van der Waals surface area contributed by atoms with Crippen LogP contribution >= 0.6 is 0 Å². The molecule has 0 N–H and O–H groups in total. The maximum absolute atomic E-state index is 14.2. The number of benzene rings is 3. The van der Waals surface area contributed by atoms with E-state index in [-0.39, 0.29) is 18.3 Å². The third kappa shape index (κ3) is 5.64. The SMILES string of the molecule is COC(=O)c1ccc2nc(Oc3ccc(-c4cccc(OCc5ccc(C#N)cc5F)n4)cc3)n(C[C@@H]3CCO3)c2c1. The molecule has 3 heterocycles. The summed E-state index contributed by atoms with van der Waals surface area (Å²) in [6.07, 6.45) is 0.978. The number of halogens is 1. The predicted molar refractivity (Wildman–Crippen MR) is 151 cm³/mol. The number of carbonyl (C=O) groups is 1. The van der Waals surface area contributed by atoms with Crippen molar-refractivity contribution < 1.29 is 28.1 Å². The van der Waals surface area contributed by atoms with Crippen molar-refractivity contribution in [2.45, 2.75) is 25.7 Å². The Kier molecular flexibility index (Phi) is 7.49. The largest absolute Gasteiger partial charge is 0.473 e. The van der Waals surface area contributed by atoms with E-state index in [9.17, 15) is 9.18 Å². The van der Waals surface area contributed by atoms with E-state index < -0.39 is 11.8 Å². The summed E-state index contributed by atoms with van der Waals surface area (Å²) in [5.41, 5.74) is 3.95. The Hall–Kier alpha value is -5.27. The first-order valence-corrected chi connectivity index (χ1v) is 13.3. The molecule has 1 aliphatic rings. The minimum absolute atomic E-state index is 0.0191. The fourth-order valence-electron chi connectivity index (χ4n) is 4.57. The van der Waals surface area contributed by atoms with Crippen molar-refractivity contribution in [2.24, 2.45) is 0 Å². The zero-order chi connectivity index (χ0) is 29.1. The number of methoxy groups -OCH3 is 1. The summed E-state index contributed by atoms with van der Waals surface area (Å²) in [6.45, 7) is 1.24. The first-order chi connectivity index (χ1) is 20.5. The van der Waals surface area contributed by atoms with Crippen molar-refractivity contribution in [3.05, 3.63) is 101 Å². The molecule has 10 heteroatoms. The van der Waals surface area contributed by atoms with Crippen molar-refractivity contribution in [1.29, 1.82) is 5.26 Å². The van der Waals surface area contributed by atoms with Gasteiger partial charge in [-0.1, -0.05) is 12.1 Å². The van der Waals surface area contributed by atoms with Crippen LogP contribution in [0.25, 0.3) is 22.3 Å². The second-order valence-electron chi connectivity index (χ2n) is 9.68. The van der Waals surface area contributed by atoms with E-state index in [0.717, 1.165) is 24.1 Å². The molecule has 1 atom stereocenters. The van der Waals surface area contributed by atoms with Crippen molar-refractivity contribution in [3.8, 4) is 35.0 Å². The number of aromatic nitrogens is 3. The number of nitrogens with zero attached hydrogens (tertiary/aromatic N) is 4. The van der Waals surface area contributed by atoms with E-state index >= 15 is 0 Å². The second kappa shape index (κ2) is 11.7. The van der Waals surface area contributed by atoms with E-state index in [1.807, 2.05) is 47.0 Å². The molecule has 0 saturated carbocycles. The number of hydrogen-bond acceptors (Lipinski definition) is 8. The minimum atomic E-state index is -0.501. The number of pyridine rings is 1. The maximum Gasteiger partial charge on any atom is 0.337 e. The van der Waals surface area contributed by atoms with E-state index in [1.54, 1.807) is 30.3 Å². The highest BCUT2D eigenvalue weighted by Gasteiger charge is 2.23. The molecule has 0 aliphatic carbocycles. The van der Waals surface area contributed by atoms with Gasteiger partial charge in [-0.05, 0) is 67.1 Å². The average Bonchev–Trinajstić information content (AvgIpc) is 3.34. The molecule has 0 bridgehead atoms. The number of ether oxygens (including phenoxy) is 4. The lowest BCUT2D eigenvalue weighted by molar-refractivity contribution is -0.0593. The van der Waals surface area contributed by atoms with Crippen LogP contribution in [0, 0.1) is 17.1 Å². The molecule has 1 fully saturated rings. The molecule has 2 aromatic heterocycles. The van der Waals surface area contributed by atoms with E-state index in [4.69, 9.17) is 24.2 Å². The Morgan fingerprint density at radius 3 is 2.64 bits per heavy atom. The van der Waals surface area contributed by atoms with Gasteiger partial charge in [-0.25, -0.2) is 14.2 Å². The number of imidazole rings is 1. The third-order valence-corrected chi connectivity index (χ3v) is 6.95. The summed E-state index contributed by atoms with van der Waals surface area (Å²) in [5.74, 6) is -0.0119. The normalized spacial score (nSPS) is 14.2. The quantitative estimate of drug-likeness (QED) is 0.199. The Bertz CT molecular complexity index is 1810. The predicted octanol–water partition coefficient (Wildman–Crippen LogP) is 6.06. The van der Waals surface area contributed by atoms with Gasteiger partial charge >= 0.3 is 12.0 Å². The lowest BCUT2D eigenvalue weighted by atomic mass is 10.1. The van der Waals surface area contributed by atoms with Gasteiger partial charge in [0.2, 0.25) is 5.88 Å². The summed E-state index contributed by atoms with van der Waals surface area (Å²) < 4.78 is 38.6. The molecule has 6 rings (SSSR count). The molecule has 9 nitrogen and oxygen atoms in total. The Labute approximate surface area is 240 Å². The van der Waals surface area contributed by atoms with Crippen molar-refractivity contribution >= 4 is 17.0 Å². The van der Waals surface area contributed by atoms with Gasteiger partial charge < -0.3 is 18.9 Å². The molecular formula is C32H25FN4O5. The molecule has 3 aromatic carbocycles. The summed E-state index contributed by atoms with van der Waals surface area (Å²) >= 11 is 0. The minimum Gasteiger partial charge on any atom is -0.473 e. The van der Waals surface area contributed by atoms with Gasteiger partial charge in [0.25, 0.3) is 0 Å². The highest BCUT2D eigenvalue weighted by Crippen LogP contribution is 2.30.